The second kappa shape index (κ2) is 6.50. The Labute approximate surface area is 104 Å². The van der Waals surface area contributed by atoms with Crippen molar-refractivity contribution in [3.05, 3.63) is 23.8 Å². The summed E-state index contributed by atoms with van der Waals surface area (Å²) in [4.78, 5) is 0. The Hall–Kier alpha value is -1.22. The molecule has 0 fully saturated rings. The molecule has 0 bridgehead atoms. The molecule has 0 heterocycles. The summed E-state index contributed by atoms with van der Waals surface area (Å²) in [6.07, 6.45) is 0. The summed E-state index contributed by atoms with van der Waals surface area (Å²) in [5.41, 5.74) is 8.88. The van der Waals surface area contributed by atoms with Gasteiger partial charge in [0.25, 0.3) is 0 Å². The van der Waals surface area contributed by atoms with Crippen molar-refractivity contribution in [2.24, 2.45) is 5.92 Å². The first-order valence-corrected chi connectivity index (χ1v) is 6.24. The van der Waals surface area contributed by atoms with Gasteiger partial charge in [-0.05, 0) is 43.5 Å². The number of ether oxygens (including phenoxy) is 1. The highest BCUT2D eigenvalue weighted by Gasteiger charge is 2.13. The van der Waals surface area contributed by atoms with E-state index in [-0.39, 0.29) is 0 Å². The van der Waals surface area contributed by atoms with Crippen LogP contribution in [-0.4, -0.2) is 19.3 Å². The molecule has 96 valence electrons. The van der Waals surface area contributed by atoms with Crippen molar-refractivity contribution in [3.63, 3.8) is 0 Å². The van der Waals surface area contributed by atoms with Crippen molar-refractivity contribution in [2.45, 2.75) is 33.7 Å². The predicted molar refractivity (Wildman–Crippen MR) is 74.3 cm³/mol. The van der Waals surface area contributed by atoms with Gasteiger partial charge in [0.05, 0.1) is 12.6 Å². The lowest BCUT2D eigenvalue weighted by molar-refractivity contribution is 0.127. The summed E-state index contributed by atoms with van der Waals surface area (Å²) in [6, 6.07) is 6.36. The van der Waals surface area contributed by atoms with Gasteiger partial charge >= 0.3 is 0 Å². The third-order valence-electron chi connectivity index (χ3n) is 2.76. The molecule has 3 heteroatoms. The maximum absolute atomic E-state index is 5.84. The van der Waals surface area contributed by atoms with Crippen LogP contribution >= 0.6 is 0 Å². The quantitative estimate of drug-likeness (QED) is 0.746. The lowest BCUT2D eigenvalue weighted by Crippen LogP contribution is -2.31. The first-order chi connectivity index (χ1) is 8.02. The minimum absolute atomic E-state index is 0.316. The molecular weight excluding hydrogens is 212 g/mol. The number of benzene rings is 1. The Bertz CT molecular complexity index is 330. The van der Waals surface area contributed by atoms with Crippen LogP contribution in [0.2, 0.25) is 0 Å². The van der Waals surface area contributed by atoms with Crippen LogP contribution in [0.1, 0.15) is 26.3 Å². The third-order valence-corrected chi connectivity index (χ3v) is 2.76. The van der Waals surface area contributed by atoms with E-state index in [1.807, 2.05) is 19.1 Å². The van der Waals surface area contributed by atoms with Crippen molar-refractivity contribution in [1.82, 2.24) is 0 Å². The van der Waals surface area contributed by atoms with Crippen LogP contribution < -0.4 is 11.1 Å². The van der Waals surface area contributed by atoms with Crippen LogP contribution in [0, 0.1) is 12.8 Å². The standard InChI is InChI=1S/C14H24N2O/c1-5-17-9-14(10(2)3)16-13-7-11(4)6-12(15)8-13/h6-8,10,14,16H,5,9,15H2,1-4H3. The molecule has 17 heavy (non-hydrogen) atoms. The fourth-order valence-corrected chi connectivity index (χ4v) is 1.76. The van der Waals surface area contributed by atoms with Crippen molar-refractivity contribution in [2.75, 3.05) is 24.3 Å². The van der Waals surface area contributed by atoms with Crippen molar-refractivity contribution >= 4 is 11.4 Å². The maximum atomic E-state index is 5.84. The van der Waals surface area contributed by atoms with E-state index >= 15 is 0 Å². The highest BCUT2D eigenvalue weighted by Crippen LogP contribution is 2.18. The van der Waals surface area contributed by atoms with Gasteiger partial charge in [-0.2, -0.15) is 0 Å². The molecule has 1 atom stereocenters. The van der Waals surface area contributed by atoms with E-state index in [0.717, 1.165) is 24.6 Å². The molecule has 1 rings (SSSR count). The number of aryl methyl sites for hydroxylation is 1. The van der Waals surface area contributed by atoms with Gasteiger partial charge in [0, 0.05) is 18.0 Å². The van der Waals surface area contributed by atoms with E-state index in [2.05, 4.69) is 32.2 Å². The van der Waals surface area contributed by atoms with E-state index in [9.17, 15) is 0 Å². The van der Waals surface area contributed by atoms with Gasteiger partial charge in [0.15, 0.2) is 0 Å². The van der Waals surface area contributed by atoms with Gasteiger partial charge in [-0.15, -0.1) is 0 Å². The minimum atomic E-state index is 0.316. The van der Waals surface area contributed by atoms with Crippen molar-refractivity contribution in [3.8, 4) is 0 Å². The van der Waals surface area contributed by atoms with Crippen LogP contribution in [0.15, 0.2) is 18.2 Å². The average molecular weight is 236 g/mol. The fraction of sp³-hybridized carbons (Fsp3) is 0.571. The molecule has 0 aromatic heterocycles. The maximum Gasteiger partial charge on any atom is 0.0670 e. The lowest BCUT2D eigenvalue weighted by atomic mass is 10.0. The lowest BCUT2D eigenvalue weighted by Gasteiger charge is -2.23. The molecule has 0 radical (unpaired) electrons. The molecule has 0 spiro atoms. The van der Waals surface area contributed by atoms with E-state index < -0.39 is 0 Å². The third kappa shape index (κ3) is 4.65. The zero-order valence-electron chi connectivity index (χ0n) is 11.3. The van der Waals surface area contributed by atoms with E-state index in [1.54, 1.807) is 0 Å². The molecule has 3 nitrogen and oxygen atoms in total. The average Bonchev–Trinajstić information content (AvgIpc) is 2.22. The van der Waals surface area contributed by atoms with Gasteiger partial charge in [0.2, 0.25) is 0 Å². The van der Waals surface area contributed by atoms with Crippen LogP contribution in [0.4, 0.5) is 11.4 Å². The first-order valence-electron chi connectivity index (χ1n) is 6.24. The van der Waals surface area contributed by atoms with Crippen LogP contribution in [-0.2, 0) is 4.74 Å². The molecule has 3 N–H and O–H groups in total. The number of nitrogens with one attached hydrogen (secondary N) is 1. The summed E-state index contributed by atoms with van der Waals surface area (Å²) >= 11 is 0. The Balaban J connectivity index is 2.71. The highest BCUT2D eigenvalue weighted by atomic mass is 16.5. The Kier molecular flexibility index (Phi) is 5.29. The van der Waals surface area contributed by atoms with Gasteiger partial charge in [0.1, 0.15) is 0 Å². The predicted octanol–water partition coefficient (Wildman–Crippen LogP) is 3.05. The topological polar surface area (TPSA) is 47.3 Å². The number of nitrogens with two attached hydrogens (primary N) is 1. The van der Waals surface area contributed by atoms with Crippen LogP contribution in [0.3, 0.4) is 0 Å². The van der Waals surface area contributed by atoms with Gasteiger partial charge in [-0.25, -0.2) is 0 Å². The fourth-order valence-electron chi connectivity index (χ4n) is 1.76. The molecule has 0 aliphatic carbocycles. The summed E-state index contributed by atoms with van der Waals surface area (Å²) in [5, 5.41) is 3.49. The minimum Gasteiger partial charge on any atom is -0.399 e. The number of nitrogen functional groups attached to an aromatic ring is 1. The van der Waals surface area contributed by atoms with Crippen molar-refractivity contribution in [1.29, 1.82) is 0 Å². The number of rotatable bonds is 6. The molecule has 1 aromatic rings. The first kappa shape index (κ1) is 13.8. The zero-order chi connectivity index (χ0) is 12.8. The SMILES string of the molecule is CCOCC(Nc1cc(C)cc(N)c1)C(C)C. The molecule has 0 saturated carbocycles. The summed E-state index contributed by atoms with van der Waals surface area (Å²) in [5.74, 6) is 0.517. The molecule has 0 aliphatic heterocycles. The van der Waals surface area contributed by atoms with E-state index in [4.69, 9.17) is 10.5 Å². The second-order valence-corrected chi connectivity index (χ2v) is 4.79. The smallest absolute Gasteiger partial charge is 0.0670 e. The summed E-state index contributed by atoms with van der Waals surface area (Å²) in [7, 11) is 0. The summed E-state index contributed by atoms with van der Waals surface area (Å²) in [6.45, 7) is 9.92. The van der Waals surface area contributed by atoms with Gasteiger partial charge in [-0.1, -0.05) is 13.8 Å². The highest BCUT2D eigenvalue weighted by molar-refractivity contribution is 5.57. The number of hydrogen-bond acceptors (Lipinski definition) is 3. The Morgan fingerprint density at radius 1 is 1.29 bits per heavy atom. The van der Waals surface area contributed by atoms with Gasteiger partial charge < -0.3 is 15.8 Å². The van der Waals surface area contributed by atoms with Crippen molar-refractivity contribution < 1.29 is 4.74 Å². The van der Waals surface area contributed by atoms with E-state index in [1.165, 1.54) is 5.56 Å². The molecule has 0 saturated heterocycles. The molecule has 1 aromatic carbocycles. The Morgan fingerprint density at radius 2 is 2.00 bits per heavy atom. The number of anilines is 2. The Morgan fingerprint density at radius 3 is 2.53 bits per heavy atom. The molecule has 0 aliphatic rings. The largest absolute Gasteiger partial charge is 0.399 e. The van der Waals surface area contributed by atoms with E-state index in [0.29, 0.717) is 12.0 Å². The summed E-state index contributed by atoms with van der Waals surface area (Å²) < 4.78 is 5.50. The van der Waals surface area contributed by atoms with Gasteiger partial charge in [-0.3, -0.25) is 0 Å². The number of hydrogen-bond donors (Lipinski definition) is 2. The molecule has 0 amide bonds. The zero-order valence-corrected chi connectivity index (χ0v) is 11.3. The monoisotopic (exact) mass is 236 g/mol. The molecular formula is C14H24N2O. The normalized spacial score (nSPS) is 12.8. The van der Waals surface area contributed by atoms with Crippen LogP contribution in [0.5, 0.6) is 0 Å². The second-order valence-electron chi connectivity index (χ2n) is 4.79. The molecule has 1 unspecified atom stereocenters. The van der Waals surface area contributed by atoms with Crippen LogP contribution in [0.25, 0.3) is 0 Å².